The molecule has 1 aliphatic carbocycles. The first-order chi connectivity index (χ1) is 12.9. The van der Waals surface area contributed by atoms with E-state index in [4.69, 9.17) is 10.5 Å². The first-order valence-corrected chi connectivity index (χ1v) is 9.60. The maximum absolute atomic E-state index is 13.0. The number of hydrogen-bond acceptors (Lipinski definition) is 3. The van der Waals surface area contributed by atoms with Crippen LogP contribution in [0.2, 0.25) is 0 Å². The molecule has 2 aliphatic rings. The summed E-state index contributed by atoms with van der Waals surface area (Å²) in [4.78, 5) is 2.43. The van der Waals surface area contributed by atoms with Crippen molar-refractivity contribution in [3.05, 3.63) is 64.7 Å². The smallest absolute Gasteiger partial charge is 0.255 e. The second-order valence-corrected chi connectivity index (χ2v) is 7.89. The zero-order valence-corrected chi connectivity index (χ0v) is 15.6. The Bertz CT molecular complexity index is 804. The molecule has 1 aliphatic heterocycles. The van der Waals surface area contributed by atoms with E-state index < -0.39 is 11.8 Å². The van der Waals surface area contributed by atoms with Gasteiger partial charge in [0.05, 0.1) is 12.5 Å². The summed E-state index contributed by atoms with van der Waals surface area (Å²) >= 11 is 0. The number of nitrogens with zero attached hydrogens (tertiary/aromatic N) is 1. The second kappa shape index (κ2) is 7.21. The average molecular weight is 372 g/mol. The van der Waals surface area contributed by atoms with Crippen molar-refractivity contribution in [1.82, 2.24) is 4.90 Å². The number of hydrogen-bond donors (Lipinski definition) is 1. The summed E-state index contributed by atoms with van der Waals surface area (Å²) in [5.74, 6) is -2.43. The van der Waals surface area contributed by atoms with E-state index in [1.807, 2.05) is 19.1 Å². The molecule has 27 heavy (non-hydrogen) atoms. The lowest BCUT2D eigenvalue weighted by Crippen LogP contribution is -2.30. The third-order valence-electron chi connectivity index (χ3n) is 5.59. The molecule has 2 N–H and O–H groups in total. The fourth-order valence-corrected chi connectivity index (χ4v) is 3.64. The topological polar surface area (TPSA) is 38.5 Å². The van der Waals surface area contributed by atoms with Gasteiger partial charge in [-0.05, 0) is 47.7 Å². The van der Waals surface area contributed by atoms with Crippen molar-refractivity contribution < 1.29 is 13.5 Å². The van der Waals surface area contributed by atoms with Crippen LogP contribution in [0.4, 0.5) is 8.78 Å². The van der Waals surface area contributed by atoms with E-state index in [1.165, 1.54) is 16.7 Å². The summed E-state index contributed by atoms with van der Waals surface area (Å²) in [5, 5.41) is 0. The predicted molar refractivity (Wildman–Crippen MR) is 102 cm³/mol. The zero-order valence-electron chi connectivity index (χ0n) is 15.6. The Labute approximate surface area is 159 Å². The fourth-order valence-electron chi connectivity index (χ4n) is 3.64. The molecular formula is C22H26F2N2O. The van der Waals surface area contributed by atoms with Gasteiger partial charge in [-0.25, -0.2) is 8.78 Å². The number of ether oxygens (including phenoxy) is 1. The molecule has 1 heterocycles. The van der Waals surface area contributed by atoms with Crippen molar-refractivity contribution in [3.8, 4) is 5.75 Å². The molecule has 5 heteroatoms. The van der Waals surface area contributed by atoms with Crippen LogP contribution in [-0.4, -0.2) is 24.0 Å². The quantitative estimate of drug-likeness (QED) is 0.822. The molecular weight excluding hydrogens is 346 g/mol. The van der Waals surface area contributed by atoms with Gasteiger partial charge < -0.3 is 10.5 Å². The Morgan fingerprint density at radius 1 is 1.19 bits per heavy atom. The van der Waals surface area contributed by atoms with Gasteiger partial charge in [-0.15, -0.1) is 0 Å². The molecule has 1 saturated carbocycles. The highest BCUT2D eigenvalue weighted by molar-refractivity contribution is 5.37. The lowest BCUT2D eigenvalue weighted by atomic mass is 9.98. The lowest BCUT2D eigenvalue weighted by molar-refractivity contribution is 0.0856. The molecule has 2 atom stereocenters. The van der Waals surface area contributed by atoms with Crippen LogP contribution < -0.4 is 10.5 Å². The highest BCUT2D eigenvalue weighted by atomic mass is 19.3. The van der Waals surface area contributed by atoms with Crippen molar-refractivity contribution in [3.63, 3.8) is 0 Å². The van der Waals surface area contributed by atoms with Crippen molar-refractivity contribution in [2.75, 3.05) is 13.2 Å². The van der Waals surface area contributed by atoms with Gasteiger partial charge in [0.2, 0.25) is 0 Å². The molecule has 2 aromatic rings. The molecule has 0 radical (unpaired) electrons. The lowest BCUT2D eigenvalue weighted by Gasteiger charge is -2.29. The van der Waals surface area contributed by atoms with Crippen molar-refractivity contribution >= 4 is 0 Å². The molecule has 3 nitrogen and oxygen atoms in total. The highest BCUT2D eigenvalue weighted by Gasteiger charge is 2.57. The van der Waals surface area contributed by atoms with Gasteiger partial charge in [0, 0.05) is 32.1 Å². The van der Waals surface area contributed by atoms with Crippen LogP contribution in [0.25, 0.3) is 0 Å². The summed E-state index contributed by atoms with van der Waals surface area (Å²) in [6.45, 7) is 4.88. The van der Waals surface area contributed by atoms with Gasteiger partial charge >= 0.3 is 0 Å². The van der Waals surface area contributed by atoms with Crippen molar-refractivity contribution in [1.29, 1.82) is 0 Å². The Kier molecular flexibility index (Phi) is 4.91. The predicted octanol–water partition coefficient (Wildman–Crippen LogP) is 4.30. The molecule has 0 aromatic heterocycles. The molecule has 0 saturated heterocycles. The van der Waals surface area contributed by atoms with Crippen LogP contribution in [0.5, 0.6) is 5.75 Å². The van der Waals surface area contributed by atoms with Crippen molar-refractivity contribution in [2.24, 2.45) is 11.7 Å². The van der Waals surface area contributed by atoms with E-state index in [9.17, 15) is 8.78 Å². The Balaban J connectivity index is 1.34. The minimum Gasteiger partial charge on any atom is -0.493 e. The van der Waals surface area contributed by atoms with E-state index >= 15 is 0 Å². The van der Waals surface area contributed by atoms with Crippen LogP contribution >= 0.6 is 0 Å². The second-order valence-electron chi connectivity index (χ2n) is 7.89. The van der Waals surface area contributed by atoms with Gasteiger partial charge in [-0.1, -0.05) is 30.3 Å². The summed E-state index contributed by atoms with van der Waals surface area (Å²) in [5.41, 5.74) is 10.9. The third-order valence-corrected chi connectivity index (χ3v) is 5.59. The number of alkyl halides is 2. The minimum atomic E-state index is -2.52. The summed E-state index contributed by atoms with van der Waals surface area (Å²) in [6.07, 6.45) is 0.905. The summed E-state index contributed by atoms with van der Waals surface area (Å²) < 4.78 is 31.5. The Hall–Kier alpha value is -1.98. The van der Waals surface area contributed by atoms with Crippen LogP contribution in [0, 0.1) is 5.92 Å². The summed E-state index contributed by atoms with van der Waals surface area (Å²) in [6, 6.07) is 14.6. The highest BCUT2D eigenvalue weighted by Crippen LogP contribution is 2.48. The molecule has 4 rings (SSSR count). The zero-order chi connectivity index (χ0) is 19.0. The Morgan fingerprint density at radius 2 is 1.93 bits per heavy atom. The van der Waals surface area contributed by atoms with E-state index in [0.29, 0.717) is 5.75 Å². The van der Waals surface area contributed by atoms with Gasteiger partial charge in [0.25, 0.3) is 5.92 Å². The normalized spacial score (nSPS) is 22.1. The van der Waals surface area contributed by atoms with Crippen molar-refractivity contribution in [2.45, 2.75) is 44.8 Å². The molecule has 1 fully saturated rings. The van der Waals surface area contributed by atoms with Gasteiger partial charge in [0.1, 0.15) is 5.75 Å². The average Bonchev–Trinajstić information content (AvgIpc) is 3.27. The first kappa shape index (κ1) is 18.4. The maximum Gasteiger partial charge on any atom is 0.255 e. The standard InChI is InChI=1S/C22H26F2N2O/c1-15(25)17-4-2-16(3-5-17)12-26-9-8-18-10-21(7-6-19(18)13-26)27-14-20-11-22(20,23)24/h2-7,10,15,20H,8-9,11-14,25H2,1H3/t15-,20?/m0/s1. The molecule has 0 amide bonds. The minimum absolute atomic E-state index is 0.0436. The summed E-state index contributed by atoms with van der Waals surface area (Å²) in [7, 11) is 0. The number of rotatable bonds is 6. The van der Waals surface area contributed by atoms with E-state index in [2.05, 4.69) is 35.2 Å². The molecule has 0 bridgehead atoms. The van der Waals surface area contributed by atoms with Crippen LogP contribution in [0.3, 0.4) is 0 Å². The largest absolute Gasteiger partial charge is 0.493 e. The van der Waals surface area contributed by atoms with Gasteiger partial charge in [0.15, 0.2) is 0 Å². The molecule has 1 unspecified atom stereocenters. The molecule has 2 aromatic carbocycles. The number of fused-ring (bicyclic) bond motifs is 1. The van der Waals surface area contributed by atoms with Crippen LogP contribution in [0.1, 0.15) is 41.6 Å². The number of benzene rings is 2. The van der Waals surface area contributed by atoms with Gasteiger partial charge in [-0.3, -0.25) is 4.90 Å². The van der Waals surface area contributed by atoms with Crippen LogP contribution in [0.15, 0.2) is 42.5 Å². The molecule has 144 valence electrons. The SMILES string of the molecule is C[C@H](N)c1ccc(CN2CCc3cc(OCC4CC4(F)F)ccc3C2)cc1. The van der Waals surface area contributed by atoms with Crippen LogP contribution in [-0.2, 0) is 19.5 Å². The number of halogens is 2. The van der Waals surface area contributed by atoms with E-state index in [0.717, 1.165) is 31.6 Å². The van der Waals surface area contributed by atoms with Gasteiger partial charge in [-0.2, -0.15) is 0 Å². The monoisotopic (exact) mass is 372 g/mol. The van der Waals surface area contributed by atoms with E-state index in [-0.39, 0.29) is 19.1 Å². The molecule has 0 spiro atoms. The fraction of sp³-hybridized carbons (Fsp3) is 0.455. The Morgan fingerprint density at radius 3 is 2.59 bits per heavy atom. The van der Waals surface area contributed by atoms with E-state index in [1.54, 1.807) is 0 Å². The first-order valence-electron chi connectivity index (χ1n) is 9.60. The maximum atomic E-state index is 13.0. The number of nitrogens with two attached hydrogens (primary N) is 1. The third kappa shape index (κ3) is 4.30.